The molecule has 1 N–H and O–H groups in total. The smallest absolute Gasteiger partial charge is 0.348 e. The maximum absolute atomic E-state index is 14.6. The summed E-state index contributed by atoms with van der Waals surface area (Å²) in [5.41, 5.74) is -0.253. The number of alkyl halides is 2. The van der Waals surface area contributed by atoms with Gasteiger partial charge >= 0.3 is 11.9 Å². The molecule has 184 valence electrons. The van der Waals surface area contributed by atoms with E-state index >= 15 is 0 Å². The molecular weight excluding hydrogens is 460 g/mol. The molecule has 1 aliphatic heterocycles. The average molecular weight is 492 g/mol. The number of benzene rings is 1. The van der Waals surface area contributed by atoms with Crippen molar-refractivity contribution in [2.45, 2.75) is 70.1 Å². The lowest BCUT2D eigenvalue weighted by atomic mass is 9.98. The van der Waals surface area contributed by atoms with Gasteiger partial charge in [-0.1, -0.05) is 42.5 Å². The van der Waals surface area contributed by atoms with Crippen molar-refractivity contribution in [2.24, 2.45) is 0 Å². The number of esters is 1. The number of carbonyl (C=O) groups excluding carboxylic acids is 2. The highest BCUT2D eigenvalue weighted by atomic mass is 32.1. The van der Waals surface area contributed by atoms with E-state index in [1.54, 1.807) is 30.9 Å². The molecule has 2 aromatic rings. The van der Waals surface area contributed by atoms with Crippen molar-refractivity contribution in [1.82, 2.24) is 4.90 Å². The van der Waals surface area contributed by atoms with Gasteiger partial charge in [-0.05, 0) is 51.7 Å². The van der Waals surface area contributed by atoms with Crippen LogP contribution in [-0.2, 0) is 21.9 Å². The molecule has 1 aliphatic rings. The summed E-state index contributed by atoms with van der Waals surface area (Å²) in [6.07, 6.45) is 3.61. The van der Waals surface area contributed by atoms with E-state index in [2.05, 4.69) is 0 Å². The molecule has 1 aromatic carbocycles. The van der Waals surface area contributed by atoms with Crippen LogP contribution < -0.4 is 0 Å². The fraction of sp³-hybridized carbons (Fsp3) is 0.462. The molecule has 0 saturated carbocycles. The van der Waals surface area contributed by atoms with Crippen molar-refractivity contribution >= 4 is 23.2 Å². The molecule has 1 amide bonds. The SMILES string of the molecule is CC(C)OC(=O)c1ccc(CCCN2C(=O)CCC[C@@H]2/C=C/[C@H](O)C(F)(F)c2ccccc2)s1. The standard InChI is InChI=1S/C26H31F2NO4S/c1-18(2)33-25(32)22-15-14-21(34-22)11-7-17-29-20(10-6-12-24(29)31)13-16-23(30)26(27,28)19-8-4-3-5-9-19/h3-5,8-9,13-16,18,20,23,30H,6-7,10-12,17H2,1-2H3/b16-13+/t20-,23+/m1/s1. The summed E-state index contributed by atoms with van der Waals surface area (Å²) in [7, 11) is 0. The van der Waals surface area contributed by atoms with Crippen LogP contribution in [0, 0.1) is 0 Å². The molecule has 3 rings (SSSR count). The molecule has 1 saturated heterocycles. The first kappa shape index (κ1) is 26.0. The van der Waals surface area contributed by atoms with Crippen molar-refractivity contribution in [3.63, 3.8) is 0 Å². The number of carbonyl (C=O) groups is 2. The molecule has 0 spiro atoms. The maximum atomic E-state index is 14.6. The Kier molecular flexibility index (Phi) is 8.97. The van der Waals surface area contributed by atoms with Gasteiger partial charge in [0, 0.05) is 23.4 Å². The lowest BCUT2D eigenvalue weighted by Crippen LogP contribution is -2.43. The van der Waals surface area contributed by atoms with Crippen LogP contribution in [-0.4, -0.2) is 46.7 Å². The van der Waals surface area contributed by atoms with Crippen LogP contribution in [0.15, 0.2) is 54.6 Å². The Morgan fingerprint density at radius 2 is 2.00 bits per heavy atom. The first-order valence-corrected chi connectivity index (χ1v) is 12.4. The Morgan fingerprint density at radius 3 is 2.71 bits per heavy atom. The minimum atomic E-state index is -3.42. The molecule has 5 nitrogen and oxygen atoms in total. The number of thiophene rings is 1. The van der Waals surface area contributed by atoms with E-state index in [0.717, 1.165) is 11.0 Å². The predicted molar refractivity (Wildman–Crippen MR) is 128 cm³/mol. The number of halogens is 2. The van der Waals surface area contributed by atoms with Crippen molar-refractivity contribution in [3.05, 3.63) is 69.9 Å². The number of ether oxygens (including phenoxy) is 1. The Bertz CT molecular complexity index is 990. The van der Waals surface area contributed by atoms with Gasteiger partial charge in [0.1, 0.15) is 11.0 Å². The summed E-state index contributed by atoms with van der Waals surface area (Å²) >= 11 is 1.38. The summed E-state index contributed by atoms with van der Waals surface area (Å²) in [6.45, 7) is 4.08. The third kappa shape index (κ3) is 6.73. The zero-order valence-electron chi connectivity index (χ0n) is 19.5. The Morgan fingerprint density at radius 1 is 1.26 bits per heavy atom. The van der Waals surface area contributed by atoms with Crippen molar-refractivity contribution in [1.29, 1.82) is 0 Å². The van der Waals surface area contributed by atoms with Gasteiger partial charge in [0.25, 0.3) is 0 Å². The number of hydrogen-bond donors (Lipinski definition) is 1. The van der Waals surface area contributed by atoms with Crippen molar-refractivity contribution < 1.29 is 28.2 Å². The lowest BCUT2D eigenvalue weighted by Gasteiger charge is -2.34. The third-order valence-electron chi connectivity index (χ3n) is 5.68. The van der Waals surface area contributed by atoms with E-state index in [9.17, 15) is 23.5 Å². The topological polar surface area (TPSA) is 66.8 Å². The highest BCUT2D eigenvalue weighted by Crippen LogP contribution is 2.32. The second kappa shape index (κ2) is 11.7. The van der Waals surface area contributed by atoms with Crippen LogP contribution >= 0.6 is 11.3 Å². The van der Waals surface area contributed by atoms with E-state index in [4.69, 9.17) is 4.74 Å². The van der Waals surface area contributed by atoms with Crippen LogP contribution in [0.1, 0.15) is 59.6 Å². The largest absolute Gasteiger partial charge is 0.459 e. The van der Waals surface area contributed by atoms with Gasteiger partial charge in [0.05, 0.1) is 12.1 Å². The fourth-order valence-electron chi connectivity index (χ4n) is 3.94. The summed E-state index contributed by atoms with van der Waals surface area (Å²) in [5.74, 6) is -3.78. The molecule has 0 bridgehead atoms. The second-order valence-corrected chi connectivity index (χ2v) is 9.86. The van der Waals surface area contributed by atoms with Crippen LogP contribution in [0.4, 0.5) is 8.78 Å². The van der Waals surface area contributed by atoms with Gasteiger partial charge in [-0.15, -0.1) is 11.3 Å². The predicted octanol–water partition coefficient (Wildman–Crippen LogP) is 5.34. The first-order chi connectivity index (χ1) is 16.2. The highest BCUT2D eigenvalue weighted by molar-refractivity contribution is 7.13. The van der Waals surface area contributed by atoms with E-state index in [1.165, 1.54) is 41.7 Å². The third-order valence-corrected chi connectivity index (χ3v) is 6.81. The minimum Gasteiger partial charge on any atom is -0.459 e. The number of aliphatic hydroxyl groups is 1. The molecular formula is C26H31F2NO4S. The van der Waals surface area contributed by atoms with E-state index in [1.807, 2.05) is 6.07 Å². The van der Waals surface area contributed by atoms with E-state index < -0.39 is 12.0 Å². The van der Waals surface area contributed by atoms with E-state index in [0.29, 0.717) is 43.5 Å². The maximum Gasteiger partial charge on any atom is 0.348 e. The number of nitrogens with zero attached hydrogens (tertiary/aromatic N) is 1. The molecule has 8 heteroatoms. The number of rotatable bonds is 10. The first-order valence-electron chi connectivity index (χ1n) is 11.6. The van der Waals surface area contributed by atoms with Crippen molar-refractivity contribution in [3.8, 4) is 0 Å². The zero-order valence-corrected chi connectivity index (χ0v) is 20.3. The fourth-order valence-corrected chi connectivity index (χ4v) is 4.87. The normalized spacial score (nSPS) is 18.0. The van der Waals surface area contributed by atoms with Gasteiger partial charge in [0.15, 0.2) is 0 Å². The Hall–Kier alpha value is -2.58. The Labute approximate surface area is 203 Å². The molecule has 34 heavy (non-hydrogen) atoms. The summed E-state index contributed by atoms with van der Waals surface area (Å²) in [4.78, 5) is 27.8. The molecule has 0 radical (unpaired) electrons. The quantitative estimate of drug-likeness (QED) is 0.360. The number of likely N-dealkylation sites (tertiary alicyclic amines) is 1. The molecule has 1 aromatic heterocycles. The summed E-state index contributed by atoms with van der Waals surface area (Å²) in [5, 5.41) is 10.2. The van der Waals surface area contributed by atoms with Crippen LogP contribution in [0.3, 0.4) is 0 Å². The zero-order chi connectivity index (χ0) is 24.7. The molecule has 2 heterocycles. The summed E-state index contributed by atoms with van der Waals surface area (Å²) in [6, 6.07) is 10.5. The lowest BCUT2D eigenvalue weighted by molar-refractivity contribution is -0.135. The average Bonchev–Trinajstić information content (AvgIpc) is 3.28. The highest BCUT2D eigenvalue weighted by Gasteiger charge is 2.39. The monoisotopic (exact) mass is 491 g/mol. The number of amides is 1. The molecule has 2 atom stereocenters. The van der Waals surface area contributed by atoms with Gasteiger partial charge in [-0.3, -0.25) is 4.79 Å². The minimum absolute atomic E-state index is 0.0161. The van der Waals surface area contributed by atoms with Gasteiger partial charge in [0.2, 0.25) is 5.91 Å². The number of hydrogen-bond acceptors (Lipinski definition) is 5. The van der Waals surface area contributed by atoms with Crippen LogP contribution in [0.2, 0.25) is 0 Å². The van der Waals surface area contributed by atoms with Gasteiger partial charge in [-0.2, -0.15) is 8.78 Å². The number of aryl methyl sites for hydroxylation is 1. The van der Waals surface area contributed by atoms with Gasteiger partial charge < -0.3 is 14.7 Å². The molecule has 0 aliphatic carbocycles. The van der Waals surface area contributed by atoms with Crippen LogP contribution in [0.25, 0.3) is 0 Å². The number of piperidine rings is 1. The Balaban J connectivity index is 1.58. The van der Waals surface area contributed by atoms with E-state index in [-0.39, 0.29) is 29.6 Å². The van der Waals surface area contributed by atoms with Gasteiger partial charge in [-0.25, -0.2) is 4.79 Å². The second-order valence-electron chi connectivity index (χ2n) is 8.69. The van der Waals surface area contributed by atoms with Crippen LogP contribution in [0.5, 0.6) is 0 Å². The summed E-state index contributed by atoms with van der Waals surface area (Å²) < 4.78 is 34.4. The number of aliphatic hydroxyl groups excluding tert-OH is 1. The molecule has 0 unspecified atom stereocenters. The molecule has 1 fully saturated rings. The van der Waals surface area contributed by atoms with Crippen molar-refractivity contribution in [2.75, 3.05) is 6.54 Å².